The third kappa shape index (κ3) is 2.89. The van der Waals surface area contributed by atoms with Crippen LogP contribution in [0.15, 0.2) is 23.1 Å². The highest BCUT2D eigenvalue weighted by Crippen LogP contribution is 2.27. The zero-order valence-corrected chi connectivity index (χ0v) is 12.5. The molecule has 0 aromatic heterocycles. The van der Waals surface area contributed by atoms with Crippen LogP contribution in [0.25, 0.3) is 0 Å². The maximum Gasteiger partial charge on any atom is 0.243 e. The molecule has 1 aliphatic heterocycles. The molecule has 0 aliphatic carbocycles. The first-order valence-corrected chi connectivity index (χ1v) is 7.98. The van der Waals surface area contributed by atoms with Gasteiger partial charge in [0, 0.05) is 13.1 Å². The number of nitrogens with two attached hydrogens (primary N) is 1. The Labute approximate surface area is 119 Å². The Morgan fingerprint density at radius 3 is 2.85 bits per heavy atom. The van der Waals surface area contributed by atoms with Crippen molar-refractivity contribution in [3.05, 3.63) is 18.2 Å². The lowest BCUT2D eigenvalue weighted by Gasteiger charge is -2.31. The predicted molar refractivity (Wildman–Crippen MR) is 76.2 cm³/mol. The number of methoxy groups -OCH3 is 1. The van der Waals surface area contributed by atoms with E-state index in [0.717, 1.165) is 6.42 Å². The maximum atomic E-state index is 12.6. The molecule has 1 saturated heterocycles. The Morgan fingerprint density at radius 2 is 2.25 bits per heavy atom. The lowest BCUT2D eigenvalue weighted by atomic mass is 10.2. The van der Waals surface area contributed by atoms with Crippen LogP contribution in [-0.4, -0.2) is 45.6 Å². The Hall–Kier alpha value is -1.31. The molecular formula is C13H20N2O4S. The fraction of sp³-hybridized carbons (Fsp3) is 0.538. The van der Waals surface area contributed by atoms with Crippen molar-refractivity contribution >= 4 is 15.7 Å². The van der Waals surface area contributed by atoms with Crippen molar-refractivity contribution in [2.45, 2.75) is 24.3 Å². The summed E-state index contributed by atoms with van der Waals surface area (Å²) >= 11 is 0. The average molecular weight is 300 g/mol. The van der Waals surface area contributed by atoms with Crippen molar-refractivity contribution in [3.63, 3.8) is 0 Å². The van der Waals surface area contributed by atoms with Crippen LogP contribution >= 0.6 is 0 Å². The van der Waals surface area contributed by atoms with E-state index in [1.165, 1.54) is 23.5 Å². The van der Waals surface area contributed by atoms with Gasteiger partial charge in [0.2, 0.25) is 10.0 Å². The molecule has 7 heteroatoms. The first-order chi connectivity index (χ1) is 9.48. The summed E-state index contributed by atoms with van der Waals surface area (Å²) in [7, 11) is -2.04. The zero-order valence-electron chi connectivity index (χ0n) is 11.7. The number of anilines is 1. The van der Waals surface area contributed by atoms with E-state index in [2.05, 4.69) is 0 Å². The summed E-state index contributed by atoms with van der Waals surface area (Å²) in [4.78, 5) is 0.188. The molecule has 6 nitrogen and oxygen atoms in total. The summed E-state index contributed by atoms with van der Waals surface area (Å²) in [6, 6.07) is 4.52. The molecule has 1 heterocycles. The molecule has 0 radical (unpaired) electrons. The number of nitrogens with zero attached hydrogens (tertiary/aromatic N) is 1. The fourth-order valence-electron chi connectivity index (χ4n) is 2.18. The van der Waals surface area contributed by atoms with Crippen LogP contribution in [-0.2, 0) is 14.8 Å². The normalized spacial score (nSPS) is 20.8. The van der Waals surface area contributed by atoms with E-state index < -0.39 is 10.0 Å². The van der Waals surface area contributed by atoms with Crippen LogP contribution in [0, 0.1) is 0 Å². The molecule has 0 amide bonds. The second-order valence-electron chi connectivity index (χ2n) is 4.67. The molecule has 0 spiro atoms. The largest absolute Gasteiger partial charge is 0.495 e. The summed E-state index contributed by atoms with van der Waals surface area (Å²) in [5.41, 5.74) is 6.09. The molecule has 1 aromatic carbocycles. The van der Waals surface area contributed by atoms with E-state index in [0.29, 0.717) is 31.1 Å². The molecule has 1 aromatic rings. The lowest BCUT2D eigenvalue weighted by Crippen LogP contribution is -2.45. The van der Waals surface area contributed by atoms with E-state index in [-0.39, 0.29) is 11.0 Å². The van der Waals surface area contributed by atoms with Gasteiger partial charge in [0.25, 0.3) is 0 Å². The predicted octanol–water partition coefficient (Wildman–Crippen LogP) is 1.08. The van der Waals surface area contributed by atoms with Crippen LogP contribution in [0.1, 0.15) is 13.3 Å². The molecule has 2 rings (SSSR count). The minimum Gasteiger partial charge on any atom is -0.495 e. The molecular weight excluding hydrogens is 280 g/mol. The van der Waals surface area contributed by atoms with Gasteiger partial charge in [-0.3, -0.25) is 0 Å². The fourth-order valence-corrected chi connectivity index (χ4v) is 3.67. The molecule has 1 aliphatic rings. The Kier molecular flexibility index (Phi) is 4.52. The number of sulfonamides is 1. The van der Waals surface area contributed by atoms with Gasteiger partial charge >= 0.3 is 0 Å². The Bertz CT molecular complexity index is 574. The highest BCUT2D eigenvalue weighted by atomic mass is 32.2. The van der Waals surface area contributed by atoms with E-state index in [1.54, 1.807) is 6.07 Å². The minimum absolute atomic E-state index is 0.0471. The van der Waals surface area contributed by atoms with Crippen LogP contribution in [0.4, 0.5) is 5.69 Å². The summed E-state index contributed by atoms with van der Waals surface area (Å²) < 4.78 is 37.1. The summed E-state index contributed by atoms with van der Waals surface area (Å²) in [6.45, 7) is 3.14. The second kappa shape index (κ2) is 5.99. The van der Waals surface area contributed by atoms with Gasteiger partial charge in [-0.25, -0.2) is 8.42 Å². The third-order valence-corrected chi connectivity index (χ3v) is 5.26. The Morgan fingerprint density at radius 1 is 1.50 bits per heavy atom. The van der Waals surface area contributed by atoms with Gasteiger partial charge in [0.1, 0.15) is 5.75 Å². The maximum absolute atomic E-state index is 12.6. The third-order valence-electron chi connectivity index (χ3n) is 3.40. The van der Waals surface area contributed by atoms with Crippen LogP contribution in [0.2, 0.25) is 0 Å². The number of morpholine rings is 1. The molecule has 0 saturated carbocycles. The van der Waals surface area contributed by atoms with Gasteiger partial charge in [-0.05, 0) is 24.6 Å². The molecule has 20 heavy (non-hydrogen) atoms. The van der Waals surface area contributed by atoms with Gasteiger partial charge in [-0.2, -0.15) is 4.31 Å². The van der Waals surface area contributed by atoms with Gasteiger partial charge in [-0.15, -0.1) is 0 Å². The minimum atomic E-state index is -3.53. The summed E-state index contributed by atoms with van der Waals surface area (Å²) in [5.74, 6) is 0.470. The highest BCUT2D eigenvalue weighted by Gasteiger charge is 2.30. The van der Waals surface area contributed by atoms with Crippen molar-refractivity contribution < 1.29 is 17.9 Å². The van der Waals surface area contributed by atoms with Gasteiger partial charge in [0.15, 0.2) is 0 Å². The monoisotopic (exact) mass is 300 g/mol. The van der Waals surface area contributed by atoms with Crippen LogP contribution in [0.3, 0.4) is 0 Å². The second-order valence-corrected chi connectivity index (χ2v) is 6.61. The molecule has 1 fully saturated rings. The first-order valence-electron chi connectivity index (χ1n) is 6.54. The number of rotatable bonds is 4. The van der Waals surface area contributed by atoms with Gasteiger partial charge in [0.05, 0.1) is 30.4 Å². The van der Waals surface area contributed by atoms with Crippen LogP contribution in [0.5, 0.6) is 5.75 Å². The number of nitrogen functional groups attached to an aromatic ring is 1. The number of hydrogen-bond donors (Lipinski definition) is 1. The Balaban J connectivity index is 2.28. The molecule has 112 valence electrons. The smallest absolute Gasteiger partial charge is 0.243 e. The molecule has 1 atom stereocenters. The van der Waals surface area contributed by atoms with Crippen molar-refractivity contribution in [2.75, 3.05) is 32.5 Å². The van der Waals surface area contributed by atoms with Crippen molar-refractivity contribution in [1.29, 1.82) is 0 Å². The first kappa shape index (κ1) is 15.1. The van der Waals surface area contributed by atoms with E-state index in [1.807, 2.05) is 6.92 Å². The van der Waals surface area contributed by atoms with Crippen molar-refractivity contribution in [3.8, 4) is 5.75 Å². The number of benzene rings is 1. The van der Waals surface area contributed by atoms with Crippen LogP contribution < -0.4 is 10.5 Å². The average Bonchev–Trinajstić information content (AvgIpc) is 2.47. The summed E-state index contributed by atoms with van der Waals surface area (Å²) in [6.07, 6.45) is 0.741. The zero-order chi connectivity index (χ0) is 14.8. The number of hydrogen-bond acceptors (Lipinski definition) is 5. The highest BCUT2D eigenvalue weighted by molar-refractivity contribution is 7.89. The molecule has 2 N–H and O–H groups in total. The number of ether oxygens (including phenoxy) is 2. The van der Waals surface area contributed by atoms with Crippen molar-refractivity contribution in [1.82, 2.24) is 4.31 Å². The van der Waals surface area contributed by atoms with Gasteiger partial charge in [-0.1, -0.05) is 6.92 Å². The molecule has 0 bridgehead atoms. The summed E-state index contributed by atoms with van der Waals surface area (Å²) in [5, 5.41) is 0. The topological polar surface area (TPSA) is 81.9 Å². The van der Waals surface area contributed by atoms with E-state index in [9.17, 15) is 8.42 Å². The van der Waals surface area contributed by atoms with E-state index >= 15 is 0 Å². The van der Waals surface area contributed by atoms with Gasteiger partial charge < -0.3 is 15.2 Å². The lowest BCUT2D eigenvalue weighted by molar-refractivity contribution is -0.00277. The standard InChI is InChI=1S/C13H20N2O4S/c1-3-10-9-15(6-7-19-10)20(16,17)11-4-5-13(18-2)12(14)8-11/h4-5,8,10H,3,6-7,9,14H2,1-2H3. The molecule has 1 unspecified atom stereocenters. The quantitative estimate of drug-likeness (QED) is 0.841. The van der Waals surface area contributed by atoms with E-state index in [4.69, 9.17) is 15.2 Å². The SMILES string of the molecule is CCC1CN(S(=O)(=O)c2ccc(OC)c(N)c2)CCO1. The van der Waals surface area contributed by atoms with Crippen molar-refractivity contribution in [2.24, 2.45) is 0 Å².